The molecule has 4 rings (SSSR count). The molecule has 0 saturated carbocycles. The van der Waals surface area contributed by atoms with Gasteiger partial charge in [0.1, 0.15) is 33.3 Å². The molecule has 0 aliphatic carbocycles. The predicted molar refractivity (Wildman–Crippen MR) is 112 cm³/mol. The standard InChI is InChI=1S/C21H18N2O5S/c1-26-16-8-4-7-15(25)20(16)29-23-21-19-17(27-2)10-13(11-18(19)28-22-21)12-5-3-6-14(24)9-12/h3-11,24-25H,1-2H3,(H,22,23). The summed E-state index contributed by atoms with van der Waals surface area (Å²) in [4.78, 5) is 0.529. The Morgan fingerprint density at radius 2 is 1.72 bits per heavy atom. The highest BCUT2D eigenvalue weighted by Gasteiger charge is 2.18. The number of aromatic hydroxyl groups is 2. The molecule has 148 valence electrons. The molecule has 0 spiro atoms. The molecule has 0 aliphatic heterocycles. The predicted octanol–water partition coefficient (Wildman–Crippen LogP) is 5.04. The van der Waals surface area contributed by atoms with Crippen molar-refractivity contribution in [2.24, 2.45) is 0 Å². The largest absolute Gasteiger partial charge is 0.508 e. The van der Waals surface area contributed by atoms with Crippen molar-refractivity contribution >= 4 is 28.7 Å². The van der Waals surface area contributed by atoms with Crippen LogP contribution in [0.25, 0.3) is 22.1 Å². The van der Waals surface area contributed by atoms with Gasteiger partial charge in [0.25, 0.3) is 0 Å². The fraction of sp³-hybridized carbons (Fsp3) is 0.0952. The van der Waals surface area contributed by atoms with E-state index in [2.05, 4.69) is 9.88 Å². The maximum atomic E-state index is 10.1. The molecule has 8 heteroatoms. The Morgan fingerprint density at radius 3 is 2.48 bits per heavy atom. The number of fused-ring (bicyclic) bond motifs is 1. The van der Waals surface area contributed by atoms with Crippen LogP contribution in [0, 0.1) is 0 Å². The number of aromatic nitrogens is 1. The zero-order valence-electron chi connectivity index (χ0n) is 15.7. The maximum absolute atomic E-state index is 10.1. The van der Waals surface area contributed by atoms with Gasteiger partial charge in [-0.3, -0.25) is 0 Å². The van der Waals surface area contributed by atoms with Gasteiger partial charge in [0, 0.05) is 0 Å². The Hall–Kier alpha value is -3.52. The molecule has 3 aromatic carbocycles. The van der Waals surface area contributed by atoms with Gasteiger partial charge < -0.3 is 28.9 Å². The molecule has 0 unspecified atom stereocenters. The van der Waals surface area contributed by atoms with E-state index in [0.717, 1.165) is 23.1 Å². The van der Waals surface area contributed by atoms with E-state index in [1.54, 1.807) is 43.5 Å². The van der Waals surface area contributed by atoms with E-state index in [1.807, 2.05) is 18.2 Å². The Bertz CT molecular complexity index is 1180. The van der Waals surface area contributed by atoms with E-state index in [0.29, 0.717) is 33.2 Å². The smallest absolute Gasteiger partial charge is 0.191 e. The minimum Gasteiger partial charge on any atom is -0.508 e. The lowest BCUT2D eigenvalue weighted by molar-refractivity contribution is 0.391. The van der Waals surface area contributed by atoms with Crippen LogP contribution in [0.1, 0.15) is 0 Å². The van der Waals surface area contributed by atoms with Crippen LogP contribution in [0.15, 0.2) is 64.0 Å². The van der Waals surface area contributed by atoms with Gasteiger partial charge in [-0.15, -0.1) is 0 Å². The minimum atomic E-state index is 0.0905. The van der Waals surface area contributed by atoms with Crippen molar-refractivity contribution < 1.29 is 24.2 Å². The molecule has 0 radical (unpaired) electrons. The van der Waals surface area contributed by atoms with Gasteiger partial charge in [-0.25, -0.2) is 0 Å². The first-order chi connectivity index (χ1) is 14.1. The molecule has 0 atom stereocenters. The molecule has 0 amide bonds. The molecule has 0 bridgehead atoms. The summed E-state index contributed by atoms with van der Waals surface area (Å²) in [5, 5.41) is 24.6. The summed E-state index contributed by atoms with van der Waals surface area (Å²) in [5.74, 6) is 1.82. The highest BCUT2D eigenvalue weighted by molar-refractivity contribution is 8.00. The van der Waals surface area contributed by atoms with Crippen molar-refractivity contribution in [2.45, 2.75) is 4.90 Å². The van der Waals surface area contributed by atoms with Gasteiger partial charge in [-0.05, 0) is 59.5 Å². The highest BCUT2D eigenvalue weighted by Crippen LogP contribution is 2.41. The SMILES string of the molecule is COc1cccc(O)c1SNc1noc2cc(-c3cccc(O)c3)cc(OC)c12. The normalized spacial score (nSPS) is 10.8. The van der Waals surface area contributed by atoms with Crippen molar-refractivity contribution in [3.63, 3.8) is 0 Å². The van der Waals surface area contributed by atoms with Crippen LogP contribution in [0.4, 0.5) is 5.82 Å². The summed E-state index contributed by atoms with van der Waals surface area (Å²) in [6.45, 7) is 0. The lowest BCUT2D eigenvalue weighted by Crippen LogP contribution is -1.93. The summed E-state index contributed by atoms with van der Waals surface area (Å²) in [6, 6.07) is 15.6. The summed E-state index contributed by atoms with van der Waals surface area (Å²) in [5.41, 5.74) is 2.17. The number of benzene rings is 3. The number of hydrogen-bond donors (Lipinski definition) is 3. The summed E-state index contributed by atoms with van der Waals surface area (Å²) < 4.78 is 19.4. The maximum Gasteiger partial charge on any atom is 0.191 e. The van der Waals surface area contributed by atoms with Crippen molar-refractivity contribution in [3.8, 4) is 34.1 Å². The summed E-state index contributed by atoms with van der Waals surface area (Å²) in [6.07, 6.45) is 0. The quantitative estimate of drug-likeness (QED) is 0.380. The molecule has 3 N–H and O–H groups in total. The minimum absolute atomic E-state index is 0.0905. The molecule has 1 heterocycles. The second kappa shape index (κ2) is 7.84. The van der Waals surface area contributed by atoms with Crippen LogP contribution in [0.5, 0.6) is 23.0 Å². The second-order valence-electron chi connectivity index (χ2n) is 6.15. The average Bonchev–Trinajstić information content (AvgIpc) is 3.15. The summed E-state index contributed by atoms with van der Waals surface area (Å²) in [7, 11) is 3.10. The highest BCUT2D eigenvalue weighted by atomic mass is 32.2. The zero-order chi connectivity index (χ0) is 20.4. The second-order valence-corrected chi connectivity index (χ2v) is 6.96. The van der Waals surface area contributed by atoms with E-state index in [-0.39, 0.29) is 11.5 Å². The lowest BCUT2D eigenvalue weighted by Gasteiger charge is -2.10. The number of nitrogens with zero attached hydrogens (tertiary/aromatic N) is 1. The number of phenols is 2. The number of hydrogen-bond acceptors (Lipinski definition) is 8. The number of methoxy groups -OCH3 is 2. The number of anilines is 1. The molecule has 0 fully saturated rings. The Morgan fingerprint density at radius 1 is 0.931 bits per heavy atom. The molecule has 0 saturated heterocycles. The third-order valence-electron chi connectivity index (χ3n) is 4.37. The van der Waals surface area contributed by atoms with Gasteiger partial charge in [0.15, 0.2) is 11.4 Å². The molecular weight excluding hydrogens is 392 g/mol. The van der Waals surface area contributed by atoms with Crippen LogP contribution in [0.2, 0.25) is 0 Å². The number of nitrogens with one attached hydrogen (secondary N) is 1. The van der Waals surface area contributed by atoms with Gasteiger partial charge in [0.2, 0.25) is 0 Å². The first-order valence-corrected chi connectivity index (χ1v) is 9.48. The topological polar surface area (TPSA) is 97.0 Å². The zero-order valence-corrected chi connectivity index (χ0v) is 16.5. The molecule has 1 aromatic heterocycles. The monoisotopic (exact) mass is 410 g/mol. The molecule has 7 nitrogen and oxygen atoms in total. The van der Waals surface area contributed by atoms with Crippen LogP contribution >= 0.6 is 11.9 Å². The number of ether oxygens (including phenoxy) is 2. The van der Waals surface area contributed by atoms with Crippen LogP contribution in [-0.2, 0) is 0 Å². The molecule has 0 aliphatic rings. The Kier molecular flexibility index (Phi) is 5.09. The summed E-state index contributed by atoms with van der Waals surface area (Å²) >= 11 is 1.16. The van der Waals surface area contributed by atoms with Crippen molar-refractivity contribution in [1.82, 2.24) is 5.16 Å². The van der Waals surface area contributed by atoms with Gasteiger partial charge >= 0.3 is 0 Å². The van der Waals surface area contributed by atoms with E-state index < -0.39 is 0 Å². The third kappa shape index (κ3) is 3.62. The Labute approximate surface area is 171 Å². The molecule has 4 aromatic rings. The van der Waals surface area contributed by atoms with E-state index in [9.17, 15) is 10.2 Å². The van der Waals surface area contributed by atoms with Crippen molar-refractivity contribution in [1.29, 1.82) is 0 Å². The van der Waals surface area contributed by atoms with Crippen molar-refractivity contribution in [3.05, 3.63) is 54.6 Å². The first-order valence-electron chi connectivity index (χ1n) is 8.66. The Balaban J connectivity index is 1.70. The van der Waals surface area contributed by atoms with Gasteiger partial charge in [-0.1, -0.05) is 23.4 Å². The van der Waals surface area contributed by atoms with E-state index in [4.69, 9.17) is 14.0 Å². The van der Waals surface area contributed by atoms with Crippen LogP contribution in [-0.4, -0.2) is 29.6 Å². The van der Waals surface area contributed by atoms with Gasteiger partial charge in [-0.2, -0.15) is 0 Å². The molecule has 29 heavy (non-hydrogen) atoms. The van der Waals surface area contributed by atoms with E-state index in [1.165, 1.54) is 7.11 Å². The van der Waals surface area contributed by atoms with E-state index >= 15 is 0 Å². The fourth-order valence-electron chi connectivity index (χ4n) is 2.99. The third-order valence-corrected chi connectivity index (χ3v) is 5.28. The van der Waals surface area contributed by atoms with Crippen LogP contribution in [0.3, 0.4) is 0 Å². The molecular formula is C21H18N2O5S. The van der Waals surface area contributed by atoms with Gasteiger partial charge in [0.05, 0.1) is 14.2 Å². The van der Waals surface area contributed by atoms with Crippen molar-refractivity contribution in [2.75, 3.05) is 18.9 Å². The fourth-order valence-corrected chi connectivity index (χ4v) is 3.75. The number of rotatable bonds is 6. The number of phenolic OH excluding ortho intramolecular Hbond substituents is 2. The average molecular weight is 410 g/mol. The lowest BCUT2D eigenvalue weighted by atomic mass is 10.0. The first kappa shape index (κ1) is 18.8. The van der Waals surface area contributed by atoms with Crippen LogP contribution < -0.4 is 14.2 Å².